The molecule has 3 N–H and O–H groups in total. The Labute approximate surface area is 227 Å². The molecule has 0 spiro atoms. The van der Waals surface area contributed by atoms with E-state index in [2.05, 4.69) is 26.1 Å². The molecule has 196 valence electrons. The first kappa shape index (κ1) is 25.7. The summed E-state index contributed by atoms with van der Waals surface area (Å²) in [7, 11) is 0. The van der Waals surface area contributed by atoms with Gasteiger partial charge in [-0.1, -0.05) is 63.2 Å². The number of imidazole rings is 1. The van der Waals surface area contributed by atoms with Crippen LogP contribution < -0.4 is 15.8 Å². The van der Waals surface area contributed by atoms with Gasteiger partial charge in [0, 0.05) is 16.8 Å². The Morgan fingerprint density at radius 2 is 1.59 bits per heavy atom. The van der Waals surface area contributed by atoms with Crippen molar-refractivity contribution in [3.8, 4) is 22.9 Å². The van der Waals surface area contributed by atoms with Crippen molar-refractivity contribution in [2.45, 2.75) is 32.7 Å². The second-order valence-electron chi connectivity index (χ2n) is 10.4. The molecular formula is C32H30N4O3. The number of aromatic nitrogens is 2. The molecule has 5 rings (SSSR count). The van der Waals surface area contributed by atoms with E-state index in [0.717, 1.165) is 5.56 Å². The minimum absolute atomic E-state index is 0.0300. The summed E-state index contributed by atoms with van der Waals surface area (Å²) in [6, 6.07) is 30.0. The van der Waals surface area contributed by atoms with Crippen molar-refractivity contribution in [2.24, 2.45) is 5.73 Å². The molecule has 39 heavy (non-hydrogen) atoms. The summed E-state index contributed by atoms with van der Waals surface area (Å²) in [6.07, 6.45) is 0. The monoisotopic (exact) mass is 518 g/mol. The number of rotatable bonds is 7. The van der Waals surface area contributed by atoms with E-state index < -0.39 is 5.91 Å². The number of fused-ring (bicyclic) bond motifs is 1. The first-order valence-corrected chi connectivity index (χ1v) is 12.7. The smallest absolute Gasteiger partial charge is 0.255 e. The van der Waals surface area contributed by atoms with Gasteiger partial charge >= 0.3 is 0 Å². The summed E-state index contributed by atoms with van der Waals surface area (Å²) in [5.74, 6) is 1.16. The molecule has 7 heteroatoms. The highest BCUT2D eigenvalue weighted by molar-refractivity contribution is 6.06. The number of amides is 2. The third-order valence-corrected chi connectivity index (χ3v) is 6.40. The van der Waals surface area contributed by atoms with Gasteiger partial charge in [0.1, 0.15) is 23.9 Å². The molecule has 5 aromatic rings. The number of anilines is 1. The lowest BCUT2D eigenvalue weighted by molar-refractivity contribution is -0.118. The second kappa shape index (κ2) is 10.5. The number of hydrogen-bond donors (Lipinski definition) is 2. The quantitative estimate of drug-likeness (QED) is 0.256. The van der Waals surface area contributed by atoms with Gasteiger partial charge in [-0.3, -0.25) is 9.59 Å². The number of ether oxygens (including phenoxy) is 1. The maximum atomic E-state index is 13.1. The average Bonchev–Trinajstić information content (AvgIpc) is 3.26. The SMILES string of the molecule is CC(C)(C)c1ccc(NC(=O)c2ccc3c(c2)nc(-c2cccc(Oc4ccccc4)c2)n3CC(N)=O)cc1. The molecule has 4 aromatic carbocycles. The molecule has 0 saturated carbocycles. The number of nitrogens with zero attached hydrogens (tertiary/aromatic N) is 2. The van der Waals surface area contributed by atoms with Crippen LogP contribution in [0.3, 0.4) is 0 Å². The van der Waals surface area contributed by atoms with Crippen molar-refractivity contribution in [1.29, 1.82) is 0 Å². The average molecular weight is 519 g/mol. The molecule has 0 unspecified atom stereocenters. The van der Waals surface area contributed by atoms with Crippen LogP contribution in [-0.4, -0.2) is 21.4 Å². The Morgan fingerprint density at radius 1 is 0.872 bits per heavy atom. The van der Waals surface area contributed by atoms with E-state index in [9.17, 15) is 9.59 Å². The first-order chi connectivity index (χ1) is 18.7. The number of primary amides is 1. The predicted molar refractivity (Wildman–Crippen MR) is 154 cm³/mol. The summed E-state index contributed by atoms with van der Waals surface area (Å²) in [4.78, 5) is 29.8. The summed E-state index contributed by atoms with van der Waals surface area (Å²) < 4.78 is 7.74. The van der Waals surface area contributed by atoms with Gasteiger partial charge in [0.05, 0.1) is 11.0 Å². The Morgan fingerprint density at radius 3 is 2.28 bits per heavy atom. The fourth-order valence-corrected chi connectivity index (χ4v) is 4.39. The van der Waals surface area contributed by atoms with Crippen molar-refractivity contribution >= 4 is 28.5 Å². The largest absolute Gasteiger partial charge is 0.457 e. The minimum Gasteiger partial charge on any atom is -0.457 e. The Kier molecular flexibility index (Phi) is 6.90. The molecule has 0 aliphatic carbocycles. The van der Waals surface area contributed by atoms with Crippen molar-refractivity contribution in [1.82, 2.24) is 9.55 Å². The highest BCUT2D eigenvalue weighted by Crippen LogP contribution is 2.30. The van der Waals surface area contributed by atoms with Crippen molar-refractivity contribution in [3.63, 3.8) is 0 Å². The molecule has 0 saturated heterocycles. The molecular weight excluding hydrogens is 488 g/mol. The molecule has 1 heterocycles. The molecule has 7 nitrogen and oxygen atoms in total. The van der Waals surface area contributed by atoms with Crippen molar-refractivity contribution in [3.05, 3.63) is 108 Å². The highest BCUT2D eigenvalue weighted by Gasteiger charge is 2.18. The molecule has 2 amide bonds. The van der Waals surface area contributed by atoms with Gasteiger partial charge in [0.15, 0.2) is 0 Å². The molecule has 0 aliphatic rings. The van der Waals surface area contributed by atoms with Crippen LogP contribution in [0.5, 0.6) is 11.5 Å². The van der Waals surface area contributed by atoms with Crippen LogP contribution in [0.15, 0.2) is 97.1 Å². The zero-order chi connectivity index (χ0) is 27.6. The Bertz CT molecular complexity index is 1650. The minimum atomic E-state index is -0.493. The predicted octanol–water partition coefficient (Wildman–Crippen LogP) is 6.53. The van der Waals surface area contributed by atoms with Gasteiger partial charge in [0.2, 0.25) is 5.91 Å². The van der Waals surface area contributed by atoms with Crippen LogP contribution in [0.2, 0.25) is 0 Å². The first-order valence-electron chi connectivity index (χ1n) is 12.7. The van der Waals surface area contributed by atoms with Gasteiger partial charge in [0.25, 0.3) is 5.91 Å². The Hall–Kier alpha value is -4.91. The lowest BCUT2D eigenvalue weighted by Crippen LogP contribution is -2.19. The summed E-state index contributed by atoms with van der Waals surface area (Å²) in [5.41, 5.74) is 10.00. The number of nitrogens with one attached hydrogen (secondary N) is 1. The summed E-state index contributed by atoms with van der Waals surface area (Å²) in [6.45, 7) is 6.39. The van der Waals surface area contributed by atoms with Gasteiger partial charge in [-0.05, 0) is 65.6 Å². The number of carbonyl (C=O) groups excluding carboxylic acids is 2. The molecule has 0 atom stereocenters. The molecule has 0 radical (unpaired) electrons. The number of nitrogens with two attached hydrogens (primary N) is 1. The van der Waals surface area contributed by atoms with E-state index in [1.165, 1.54) is 5.56 Å². The maximum Gasteiger partial charge on any atom is 0.255 e. The number of carbonyl (C=O) groups is 2. The van der Waals surface area contributed by atoms with Crippen molar-refractivity contribution < 1.29 is 14.3 Å². The van der Waals surface area contributed by atoms with Crippen LogP contribution in [0.4, 0.5) is 5.69 Å². The fourth-order valence-electron chi connectivity index (χ4n) is 4.39. The van der Waals surface area contributed by atoms with E-state index >= 15 is 0 Å². The van der Waals surface area contributed by atoms with Crippen LogP contribution in [-0.2, 0) is 16.8 Å². The van der Waals surface area contributed by atoms with Crippen LogP contribution >= 0.6 is 0 Å². The maximum absolute atomic E-state index is 13.1. The topological polar surface area (TPSA) is 99.2 Å². The van der Waals surface area contributed by atoms with E-state index in [0.29, 0.717) is 39.6 Å². The Balaban J connectivity index is 1.46. The standard InChI is InChI=1S/C32H30N4O3/c1-32(2,3)23-13-15-24(16-14-23)34-31(38)22-12-17-28-27(19-22)35-30(36(28)20-29(33)37)21-8-7-11-26(18-21)39-25-9-5-4-6-10-25/h4-19H,20H2,1-3H3,(H2,33,37)(H,34,38). The van der Waals surface area contributed by atoms with Crippen LogP contribution in [0.25, 0.3) is 22.4 Å². The number of para-hydroxylation sites is 1. The zero-order valence-corrected chi connectivity index (χ0v) is 22.1. The summed E-state index contributed by atoms with van der Waals surface area (Å²) >= 11 is 0. The second-order valence-corrected chi connectivity index (χ2v) is 10.4. The fraction of sp³-hybridized carbons (Fsp3) is 0.156. The number of benzene rings is 4. The van der Waals surface area contributed by atoms with Gasteiger partial charge < -0.3 is 20.4 Å². The highest BCUT2D eigenvalue weighted by atomic mass is 16.5. The third kappa shape index (κ3) is 5.83. The van der Waals surface area contributed by atoms with Crippen LogP contribution in [0, 0.1) is 0 Å². The van der Waals surface area contributed by atoms with Gasteiger partial charge in [-0.15, -0.1) is 0 Å². The summed E-state index contributed by atoms with van der Waals surface area (Å²) in [5, 5.41) is 2.95. The van der Waals surface area contributed by atoms with Crippen LogP contribution in [0.1, 0.15) is 36.7 Å². The van der Waals surface area contributed by atoms with Gasteiger partial charge in [-0.2, -0.15) is 0 Å². The molecule has 0 aliphatic heterocycles. The molecule has 0 fully saturated rings. The zero-order valence-electron chi connectivity index (χ0n) is 22.1. The molecule has 0 bridgehead atoms. The lowest BCUT2D eigenvalue weighted by atomic mass is 9.87. The number of hydrogen-bond acceptors (Lipinski definition) is 4. The third-order valence-electron chi connectivity index (χ3n) is 6.40. The van der Waals surface area contributed by atoms with E-state index in [4.69, 9.17) is 15.5 Å². The van der Waals surface area contributed by atoms with Crippen molar-refractivity contribution in [2.75, 3.05) is 5.32 Å². The van der Waals surface area contributed by atoms with E-state index in [1.807, 2.05) is 78.9 Å². The molecule has 1 aromatic heterocycles. The normalized spacial score (nSPS) is 11.4. The lowest BCUT2D eigenvalue weighted by Gasteiger charge is -2.19. The van der Waals surface area contributed by atoms with Gasteiger partial charge in [-0.25, -0.2) is 4.98 Å². The van der Waals surface area contributed by atoms with E-state index in [1.54, 1.807) is 22.8 Å². The van der Waals surface area contributed by atoms with E-state index in [-0.39, 0.29) is 17.9 Å².